The van der Waals surface area contributed by atoms with Gasteiger partial charge in [0.1, 0.15) is 5.75 Å². The van der Waals surface area contributed by atoms with Gasteiger partial charge in [0.05, 0.1) is 23.5 Å². The maximum Gasteiger partial charge on any atom is 0.416 e. The number of urea groups is 1. The molecule has 0 saturated carbocycles. The van der Waals surface area contributed by atoms with Crippen LogP contribution in [0.25, 0.3) is 5.69 Å². The third-order valence-corrected chi connectivity index (χ3v) is 4.50. The smallest absolute Gasteiger partial charge is 0.416 e. The fourth-order valence-electron chi connectivity index (χ4n) is 2.96. The lowest BCUT2D eigenvalue weighted by molar-refractivity contribution is -0.137. The standard InChI is InChI=1S/C22H23F3N4O2/c1-21(2,3)19-12-16(28-29(19)17-7-9-18(30)10-8-17)13-26-20(31)27-15-6-4-5-14(11-15)22(23,24)25/h4-12,30H,13H2,1-3H3,(H2,26,27,31). The van der Waals surface area contributed by atoms with E-state index in [0.29, 0.717) is 5.69 Å². The van der Waals surface area contributed by atoms with Gasteiger partial charge in [-0.3, -0.25) is 0 Å². The van der Waals surface area contributed by atoms with E-state index in [-0.39, 0.29) is 23.4 Å². The zero-order valence-corrected chi connectivity index (χ0v) is 17.3. The van der Waals surface area contributed by atoms with Gasteiger partial charge in [0.2, 0.25) is 0 Å². The molecule has 2 amide bonds. The van der Waals surface area contributed by atoms with Crippen LogP contribution in [0.2, 0.25) is 0 Å². The van der Waals surface area contributed by atoms with E-state index in [1.54, 1.807) is 28.9 Å². The van der Waals surface area contributed by atoms with Gasteiger partial charge in [-0.1, -0.05) is 26.8 Å². The number of aromatic nitrogens is 2. The molecule has 0 bridgehead atoms. The molecule has 3 aromatic rings. The van der Waals surface area contributed by atoms with Crippen LogP contribution in [-0.4, -0.2) is 20.9 Å². The number of carbonyl (C=O) groups excluding carboxylic acids is 1. The molecule has 0 aliphatic heterocycles. The van der Waals surface area contributed by atoms with E-state index in [1.165, 1.54) is 12.1 Å². The predicted molar refractivity (Wildman–Crippen MR) is 111 cm³/mol. The van der Waals surface area contributed by atoms with Crippen LogP contribution < -0.4 is 10.6 Å². The van der Waals surface area contributed by atoms with E-state index < -0.39 is 17.8 Å². The number of carbonyl (C=O) groups is 1. The van der Waals surface area contributed by atoms with Crippen LogP contribution in [-0.2, 0) is 18.1 Å². The Balaban J connectivity index is 1.73. The van der Waals surface area contributed by atoms with Gasteiger partial charge in [0.15, 0.2) is 0 Å². The first-order valence-electron chi connectivity index (χ1n) is 9.54. The predicted octanol–water partition coefficient (Wildman–Crippen LogP) is 5.22. The second-order valence-corrected chi connectivity index (χ2v) is 8.09. The number of hydrogen-bond acceptors (Lipinski definition) is 3. The third kappa shape index (κ3) is 5.56. The Hall–Kier alpha value is -3.49. The van der Waals surface area contributed by atoms with Crippen molar-refractivity contribution in [1.29, 1.82) is 0 Å². The van der Waals surface area contributed by atoms with E-state index >= 15 is 0 Å². The number of nitrogens with one attached hydrogen (secondary N) is 2. The van der Waals surface area contributed by atoms with Crippen molar-refractivity contribution < 1.29 is 23.1 Å². The van der Waals surface area contributed by atoms with Crippen molar-refractivity contribution in [2.75, 3.05) is 5.32 Å². The van der Waals surface area contributed by atoms with Gasteiger partial charge in [-0.25, -0.2) is 9.48 Å². The molecule has 0 aliphatic rings. The molecule has 0 spiro atoms. The summed E-state index contributed by atoms with van der Waals surface area (Å²) in [6.45, 7) is 6.16. The molecule has 1 heterocycles. The van der Waals surface area contributed by atoms with Gasteiger partial charge in [-0.15, -0.1) is 0 Å². The highest BCUT2D eigenvalue weighted by Gasteiger charge is 2.30. The Morgan fingerprint density at radius 1 is 1.06 bits per heavy atom. The highest BCUT2D eigenvalue weighted by molar-refractivity contribution is 5.89. The van der Waals surface area contributed by atoms with Crippen LogP contribution in [0.15, 0.2) is 54.6 Å². The van der Waals surface area contributed by atoms with Crippen molar-refractivity contribution in [3.8, 4) is 11.4 Å². The molecule has 0 radical (unpaired) electrons. The largest absolute Gasteiger partial charge is 0.508 e. The minimum absolute atomic E-state index is 0.0392. The normalized spacial score (nSPS) is 11.9. The molecule has 31 heavy (non-hydrogen) atoms. The fourth-order valence-corrected chi connectivity index (χ4v) is 2.96. The first-order chi connectivity index (χ1) is 14.4. The maximum absolute atomic E-state index is 12.8. The number of nitrogens with zero attached hydrogens (tertiary/aromatic N) is 2. The van der Waals surface area contributed by atoms with Gasteiger partial charge < -0.3 is 15.7 Å². The van der Waals surface area contributed by atoms with Crippen molar-refractivity contribution >= 4 is 11.7 Å². The Morgan fingerprint density at radius 2 is 1.74 bits per heavy atom. The van der Waals surface area contributed by atoms with Gasteiger partial charge in [-0.2, -0.15) is 18.3 Å². The Kier molecular flexibility index (Phi) is 5.97. The summed E-state index contributed by atoms with van der Waals surface area (Å²) < 4.78 is 40.2. The number of amides is 2. The molecule has 0 saturated heterocycles. The minimum atomic E-state index is -4.49. The lowest BCUT2D eigenvalue weighted by atomic mass is 9.91. The SMILES string of the molecule is CC(C)(C)c1cc(CNC(=O)Nc2cccc(C(F)(F)F)c2)nn1-c1ccc(O)cc1. The molecule has 2 aromatic carbocycles. The van der Waals surface area contributed by atoms with E-state index in [2.05, 4.69) is 15.7 Å². The molecule has 3 N–H and O–H groups in total. The number of alkyl halides is 3. The second kappa shape index (κ2) is 8.33. The number of aromatic hydroxyl groups is 1. The third-order valence-electron chi connectivity index (χ3n) is 4.50. The van der Waals surface area contributed by atoms with Crippen LogP contribution in [0.5, 0.6) is 5.75 Å². The second-order valence-electron chi connectivity index (χ2n) is 8.09. The number of anilines is 1. The summed E-state index contributed by atoms with van der Waals surface area (Å²) >= 11 is 0. The lowest BCUT2D eigenvalue weighted by Crippen LogP contribution is -2.28. The van der Waals surface area contributed by atoms with Crippen molar-refractivity contribution in [3.05, 3.63) is 71.5 Å². The number of hydrogen-bond donors (Lipinski definition) is 3. The van der Waals surface area contributed by atoms with Crippen molar-refractivity contribution in [1.82, 2.24) is 15.1 Å². The summed E-state index contributed by atoms with van der Waals surface area (Å²) in [6.07, 6.45) is -4.49. The summed E-state index contributed by atoms with van der Waals surface area (Å²) in [4.78, 5) is 12.2. The molecule has 1 aromatic heterocycles. The van der Waals surface area contributed by atoms with Crippen molar-refractivity contribution in [3.63, 3.8) is 0 Å². The number of rotatable bonds is 4. The highest BCUT2D eigenvalue weighted by Crippen LogP contribution is 2.30. The number of phenolic OH excluding ortho intramolecular Hbond substituents is 1. The van der Waals surface area contributed by atoms with E-state index in [1.807, 2.05) is 26.8 Å². The lowest BCUT2D eigenvalue weighted by Gasteiger charge is -2.20. The molecule has 6 nitrogen and oxygen atoms in total. The maximum atomic E-state index is 12.8. The van der Waals surface area contributed by atoms with Crippen LogP contribution in [0, 0.1) is 0 Å². The molecule has 164 valence electrons. The molecule has 3 rings (SSSR count). The number of phenols is 1. The quantitative estimate of drug-likeness (QED) is 0.529. The molecule has 0 atom stereocenters. The highest BCUT2D eigenvalue weighted by atomic mass is 19.4. The average molecular weight is 432 g/mol. The van der Waals surface area contributed by atoms with E-state index in [4.69, 9.17) is 0 Å². The summed E-state index contributed by atoms with van der Waals surface area (Å²) in [5.74, 6) is 0.140. The summed E-state index contributed by atoms with van der Waals surface area (Å²) in [5, 5.41) is 19.1. The number of benzene rings is 2. The summed E-state index contributed by atoms with van der Waals surface area (Å²) in [7, 11) is 0. The minimum Gasteiger partial charge on any atom is -0.508 e. The molecule has 9 heteroatoms. The number of halogens is 3. The van der Waals surface area contributed by atoms with Crippen LogP contribution in [0.3, 0.4) is 0 Å². The van der Waals surface area contributed by atoms with E-state index in [0.717, 1.165) is 23.5 Å². The van der Waals surface area contributed by atoms with Crippen LogP contribution in [0.1, 0.15) is 37.7 Å². The summed E-state index contributed by atoms with van der Waals surface area (Å²) in [5.41, 5.74) is 1.18. The molecule has 0 aliphatic carbocycles. The molecular formula is C22H23F3N4O2. The zero-order chi connectivity index (χ0) is 22.8. The first-order valence-corrected chi connectivity index (χ1v) is 9.54. The summed E-state index contributed by atoms with van der Waals surface area (Å²) in [6, 6.07) is 12.2. The first kappa shape index (κ1) is 22.2. The molecular weight excluding hydrogens is 409 g/mol. The fraction of sp³-hybridized carbons (Fsp3) is 0.273. The molecule has 0 fully saturated rings. The van der Waals surface area contributed by atoms with Crippen LogP contribution >= 0.6 is 0 Å². The average Bonchev–Trinajstić information content (AvgIpc) is 3.11. The van der Waals surface area contributed by atoms with E-state index in [9.17, 15) is 23.1 Å². The Labute approximate surface area is 177 Å². The van der Waals surface area contributed by atoms with Gasteiger partial charge in [-0.05, 0) is 48.5 Å². The van der Waals surface area contributed by atoms with Crippen LogP contribution in [0.4, 0.5) is 23.7 Å². The topological polar surface area (TPSA) is 79.2 Å². The Bertz CT molecular complexity index is 1070. The monoisotopic (exact) mass is 432 g/mol. The van der Waals surface area contributed by atoms with Gasteiger partial charge in [0, 0.05) is 16.8 Å². The Morgan fingerprint density at radius 3 is 2.35 bits per heavy atom. The molecule has 0 unspecified atom stereocenters. The van der Waals surface area contributed by atoms with Crippen molar-refractivity contribution in [2.45, 2.75) is 38.9 Å². The zero-order valence-electron chi connectivity index (χ0n) is 17.3. The van der Waals surface area contributed by atoms with Gasteiger partial charge >= 0.3 is 12.2 Å². The van der Waals surface area contributed by atoms with Crippen molar-refractivity contribution in [2.24, 2.45) is 0 Å². The van der Waals surface area contributed by atoms with Gasteiger partial charge in [0.25, 0.3) is 0 Å².